The number of aromatic nitrogens is 2. The quantitative estimate of drug-likeness (QED) is 0.640. The van der Waals surface area contributed by atoms with Gasteiger partial charge < -0.3 is 20.1 Å². The summed E-state index contributed by atoms with van der Waals surface area (Å²) in [4.78, 5) is 28.1. The lowest BCUT2D eigenvalue weighted by atomic mass is 10.2. The first-order chi connectivity index (χ1) is 9.51. The number of ether oxygens (including phenoxy) is 1. The second-order valence-corrected chi connectivity index (χ2v) is 4.22. The van der Waals surface area contributed by atoms with Gasteiger partial charge in [-0.05, 0) is 36.5 Å². The number of amides is 1. The summed E-state index contributed by atoms with van der Waals surface area (Å²) in [5, 5.41) is 12.1. The van der Waals surface area contributed by atoms with Gasteiger partial charge in [0, 0.05) is 5.69 Å². The monoisotopic (exact) mass is 293 g/mol. The van der Waals surface area contributed by atoms with Gasteiger partial charge in [0.25, 0.3) is 11.5 Å². The molecular formula is C12H11N3O4S. The molecule has 0 unspecified atom stereocenters. The van der Waals surface area contributed by atoms with Crippen molar-refractivity contribution in [1.29, 1.82) is 0 Å². The Labute approximate surface area is 118 Å². The molecule has 0 saturated heterocycles. The number of nitrogens with one attached hydrogen (secondary N) is 3. The van der Waals surface area contributed by atoms with Crippen LogP contribution in [0.1, 0.15) is 10.4 Å². The molecule has 0 atom stereocenters. The van der Waals surface area contributed by atoms with Gasteiger partial charge in [0.1, 0.15) is 5.75 Å². The van der Waals surface area contributed by atoms with E-state index in [9.17, 15) is 14.7 Å². The van der Waals surface area contributed by atoms with Crippen LogP contribution in [0.3, 0.4) is 0 Å². The number of hydrogen-bond acceptors (Lipinski definition) is 5. The first-order valence-corrected chi connectivity index (χ1v) is 5.93. The summed E-state index contributed by atoms with van der Waals surface area (Å²) in [6.07, 6.45) is 0. The van der Waals surface area contributed by atoms with Gasteiger partial charge in [0.05, 0.1) is 7.11 Å². The number of methoxy groups -OCH3 is 1. The normalized spacial score (nSPS) is 10.1. The third-order valence-electron chi connectivity index (χ3n) is 2.50. The SMILES string of the molecule is COc1ccc(NC(=O)c2c(O)[nH]c(=S)[nH]c2=O)cc1. The van der Waals surface area contributed by atoms with Crippen molar-refractivity contribution in [2.24, 2.45) is 0 Å². The second kappa shape index (κ2) is 5.57. The maximum Gasteiger partial charge on any atom is 0.268 e. The number of aromatic amines is 2. The Hall–Kier alpha value is -2.61. The van der Waals surface area contributed by atoms with E-state index in [-0.39, 0.29) is 4.77 Å². The van der Waals surface area contributed by atoms with E-state index in [0.717, 1.165) is 0 Å². The maximum absolute atomic E-state index is 11.9. The minimum atomic E-state index is -0.766. The summed E-state index contributed by atoms with van der Waals surface area (Å²) in [6, 6.07) is 6.51. The zero-order chi connectivity index (χ0) is 14.7. The predicted molar refractivity (Wildman–Crippen MR) is 74.9 cm³/mol. The third kappa shape index (κ3) is 2.86. The van der Waals surface area contributed by atoms with Gasteiger partial charge in [-0.15, -0.1) is 0 Å². The highest BCUT2D eigenvalue weighted by Crippen LogP contribution is 2.16. The molecule has 1 aromatic carbocycles. The molecule has 1 amide bonds. The van der Waals surface area contributed by atoms with Gasteiger partial charge in [-0.1, -0.05) is 0 Å². The van der Waals surface area contributed by atoms with Crippen LogP contribution in [0.15, 0.2) is 29.1 Å². The van der Waals surface area contributed by atoms with E-state index in [1.165, 1.54) is 7.11 Å². The lowest BCUT2D eigenvalue weighted by Gasteiger charge is -2.06. The van der Waals surface area contributed by atoms with Gasteiger partial charge in [0.2, 0.25) is 5.88 Å². The van der Waals surface area contributed by atoms with Crippen LogP contribution in [0.5, 0.6) is 11.6 Å². The molecule has 0 aliphatic rings. The van der Waals surface area contributed by atoms with E-state index in [2.05, 4.69) is 27.5 Å². The highest BCUT2D eigenvalue weighted by Gasteiger charge is 2.16. The van der Waals surface area contributed by atoms with E-state index in [4.69, 9.17) is 4.74 Å². The lowest BCUT2D eigenvalue weighted by molar-refractivity contribution is 0.102. The Morgan fingerprint density at radius 3 is 2.50 bits per heavy atom. The van der Waals surface area contributed by atoms with E-state index in [1.807, 2.05) is 0 Å². The highest BCUT2D eigenvalue weighted by molar-refractivity contribution is 7.71. The number of carbonyl (C=O) groups excluding carboxylic acids is 1. The maximum atomic E-state index is 11.9. The molecule has 104 valence electrons. The van der Waals surface area contributed by atoms with Crippen molar-refractivity contribution in [1.82, 2.24) is 9.97 Å². The first kappa shape index (κ1) is 13.8. The topological polar surface area (TPSA) is 107 Å². The van der Waals surface area contributed by atoms with E-state index in [0.29, 0.717) is 11.4 Å². The summed E-state index contributed by atoms with van der Waals surface area (Å²) in [6.45, 7) is 0. The van der Waals surface area contributed by atoms with Crippen molar-refractivity contribution in [2.75, 3.05) is 12.4 Å². The molecule has 1 aromatic heterocycles. The zero-order valence-corrected chi connectivity index (χ0v) is 11.2. The van der Waals surface area contributed by atoms with Gasteiger partial charge in [0.15, 0.2) is 10.3 Å². The molecule has 0 saturated carbocycles. The number of rotatable bonds is 3. The van der Waals surface area contributed by atoms with E-state index < -0.39 is 22.9 Å². The molecule has 0 aliphatic carbocycles. The van der Waals surface area contributed by atoms with Crippen LogP contribution in [0, 0.1) is 4.77 Å². The van der Waals surface area contributed by atoms with Crippen molar-refractivity contribution in [2.45, 2.75) is 0 Å². The van der Waals surface area contributed by atoms with Crippen molar-refractivity contribution in [3.05, 3.63) is 45.0 Å². The van der Waals surface area contributed by atoms with Crippen molar-refractivity contribution < 1.29 is 14.6 Å². The third-order valence-corrected chi connectivity index (χ3v) is 2.70. The van der Waals surface area contributed by atoms with Crippen LogP contribution in [0.2, 0.25) is 0 Å². The van der Waals surface area contributed by atoms with Crippen LogP contribution in [0.25, 0.3) is 0 Å². The number of carbonyl (C=O) groups is 1. The van der Waals surface area contributed by atoms with Crippen LogP contribution in [-0.2, 0) is 0 Å². The van der Waals surface area contributed by atoms with Crippen molar-refractivity contribution in [3.8, 4) is 11.6 Å². The summed E-state index contributed by atoms with van der Waals surface area (Å²) >= 11 is 4.67. The Balaban J connectivity index is 2.28. The van der Waals surface area contributed by atoms with Gasteiger partial charge in [-0.3, -0.25) is 14.6 Å². The average Bonchev–Trinajstić information content (AvgIpc) is 2.38. The molecule has 4 N–H and O–H groups in total. The van der Waals surface area contributed by atoms with Crippen LogP contribution in [0.4, 0.5) is 5.69 Å². The van der Waals surface area contributed by atoms with Gasteiger partial charge in [-0.2, -0.15) is 0 Å². The Kier molecular flexibility index (Phi) is 3.85. The number of benzene rings is 1. The van der Waals surface area contributed by atoms with Crippen LogP contribution < -0.4 is 15.6 Å². The molecule has 2 aromatic rings. The standard InChI is InChI=1S/C12H11N3O4S/c1-19-7-4-2-6(3-5-7)13-9(16)8-10(17)14-12(20)15-11(8)18/h2-5H,1H3,(H,13,16)(H3,14,15,17,18,20). The lowest BCUT2D eigenvalue weighted by Crippen LogP contribution is -2.24. The molecule has 0 bridgehead atoms. The molecule has 20 heavy (non-hydrogen) atoms. The summed E-state index contributed by atoms with van der Waals surface area (Å²) in [5.41, 5.74) is -0.747. The molecule has 1 heterocycles. The number of aromatic hydroxyl groups is 1. The smallest absolute Gasteiger partial charge is 0.268 e. The molecule has 0 spiro atoms. The number of anilines is 1. The molecule has 0 aliphatic heterocycles. The fourth-order valence-corrected chi connectivity index (χ4v) is 1.74. The predicted octanol–water partition coefficient (Wildman–Crippen LogP) is 1.40. The first-order valence-electron chi connectivity index (χ1n) is 5.52. The number of H-pyrrole nitrogens is 2. The molecule has 0 fully saturated rings. The highest BCUT2D eigenvalue weighted by atomic mass is 32.1. The zero-order valence-electron chi connectivity index (χ0n) is 10.4. The van der Waals surface area contributed by atoms with E-state index >= 15 is 0 Å². The number of hydrogen-bond donors (Lipinski definition) is 4. The molecule has 2 rings (SSSR count). The van der Waals surface area contributed by atoms with Crippen LogP contribution >= 0.6 is 12.2 Å². The molecule has 8 heteroatoms. The molecular weight excluding hydrogens is 282 g/mol. The summed E-state index contributed by atoms with van der Waals surface area (Å²) < 4.78 is 4.92. The molecule has 0 radical (unpaired) electrons. The second-order valence-electron chi connectivity index (χ2n) is 3.81. The van der Waals surface area contributed by atoms with Crippen LogP contribution in [-0.4, -0.2) is 28.1 Å². The molecule has 7 nitrogen and oxygen atoms in total. The largest absolute Gasteiger partial charge is 0.497 e. The minimum absolute atomic E-state index is 0.0616. The van der Waals surface area contributed by atoms with Crippen molar-refractivity contribution in [3.63, 3.8) is 0 Å². The fraction of sp³-hybridized carbons (Fsp3) is 0.0833. The average molecular weight is 293 g/mol. The fourth-order valence-electron chi connectivity index (χ4n) is 1.55. The van der Waals surface area contributed by atoms with E-state index in [1.54, 1.807) is 24.3 Å². The Morgan fingerprint density at radius 2 is 1.95 bits per heavy atom. The Morgan fingerprint density at radius 1 is 1.30 bits per heavy atom. The Bertz CT molecular complexity index is 749. The minimum Gasteiger partial charge on any atom is -0.497 e. The van der Waals surface area contributed by atoms with Gasteiger partial charge in [-0.25, -0.2) is 0 Å². The van der Waals surface area contributed by atoms with Crippen molar-refractivity contribution >= 4 is 23.8 Å². The van der Waals surface area contributed by atoms with Gasteiger partial charge >= 0.3 is 0 Å². The summed E-state index contributed by atoms with van der Waals surface area (Å²) in [7, 11) is 1.53. The summed E-state index contributed by atoms with van der Waals surface area (Å²) in [5.74, 6) is -0.697.